The van der Waals surface area contributed by atoms with Gasteiger partial charge in [-0.15, -0.1) is 0 Å². The van der Waals surface area contributed by atoms with Crippen LogP contribution in [-0.2, 0) is 0 Å². The van der Waals surface area contributed by atoms with Crippen molar-refractivity contribution in [2.24, 2.45) is 0 Å². The molecule has 2 saturated heterocycles. The van der Waals surface area contributed by atoms with Gasteiger partial charge in [-0.3, -0.25) is 4.79 Å². The Morgan fingerprint density at radius 1 is 1.28 bits per heavy atom. The van der Waals surface area contributed by atoms with E-state index in [9.17, 15) is 4.79 Å². The van der Waals surface area contributed by atoms with Gasteiger partial charge in [-0.05, 0) is 31.7 Å². The van der Waals surface area contributed by atoms with E-state index < -0.39 is 0 Å². The molecule has 2 atom stereocenters. The summed E-state index contributed by atoms with van der Waals surface area (Å²) in [5.74, 6) is -0.130. The first-order valence-electron chi connectivity index (χ1n) is 6.22. The number of halogens is 2. The maximum absolute atomic E-state index is 12.0. The predicted molar refractivity (Wildman–Crippen MR) is 71.2 cm³/mol. The van der Waals surface area contributed by atoms with Gasteiger partial charge < -0.3 is 15.6 Å². The van der Waals surface area contributed by atoms with Crippen LogP contribution in [0.1, 0.15) is 36.2 Å². The van der Waals surface area contributed by atoms with Gasteiger partial charge in [0.25, 0.3) is 5.91 Å². The number of piperidine rings is 1. The van der Waals surface area contributed by atoms with Crippen LogP contribution in [0.25, 0.3) is 0 Å². The second-order valence-corrected chi connectivity index (χ2v) is 5.91. The molecule has 0 aliphatic carbocycles. The standard InChI is InChI=1S/C12H15Cl2N3O/c13-9-5-10(17-11(9)14)12(18)16-8-3-6-1-2-7(4-8)15-6/h5-8,15,17H,1-4H2,(H,16,18). The van der Waals surface area contributed by atoms with Crippen LogP contribution in [0.2, 0.25) is 10.2 Å². The molecule has 2 fully saturated rings. The summed E-state index contributed by atoms with van der Waals surface area (Å²) in [4.78, 5) is 14.8. The molecule has 18 heavy (non-hydrogen) atoms. The van der Waals surface area contributed by atoms with E-state index in [1.807, 2.05) is 0 Å². The number of carbonyl (C=O) groups excluding carboxylic acids is 1. The van der Waals surface area contributed by atoms with E-state index in [0.29, 0.717) is 28.0 Å². The van der Waals surface area contributed by atoms with E-state index in [-0.39, 0.29) is 11.9 Å². The van der Waals surface area contributed by atoms with Gasteiger partial charge in [0.05, 0.1) is 5.02 Å². The van der Waals surface area contributed by atoms with Crippen molar-refractivity contribution >= 4 is 29.1 Å². The molecule has 1 aromatic heterocycles. The fourth-order valence-electron chi connectivity index (χ4n) is 2.96. The Kier molecular flexibility index (Phi) is 3.26. The van der Waals surface area contributed by atoms with Crippen LogP contribution in [0.15, 0.2) is 6.07 Å². The lowest BCUT2D eigenvalue weighted by atomic mass is 10.00. The molecule has 0 saturated carbocycles. The summed E-state index contributed by atoms with van der Waals surface area (Å²) < 4.78 is 0. The fraction of sp³-hybridized carbons (Fsp3) is 0.583. The summed E-state index contributed by atoms with van der Waals surface area (Å²) in [5, 5.41) is 7.29. The lowest BCUT2D eigenvalue weighted by Crippen LogP contribution is -2.48. The lowest BCUT2D eigenvalue weighted by Gasteiger charge is -2.29. The molecule has 3 rings (SSSR count). The van der Waals surface area contributed by atoms with Gasteiger partial charge in [-0.1, -0.05) is 23.2 Å². The normalized spacial score (nSPS) is 30.4. The number of hydrogen-bond donors (Lipinski definition) is 3. The highest BCUT2D eigenvalue weighted by atomic mass is 35.5. The highest BCUT2D eigenvalue weighted by Crippen LogP contribution is 2.27. The van der Waals surface area contributed by atoms with Gasteiger partial charge in [-0.2, -0.15) is 0 Å². The summed E-state index contributed by atoms with van der Waals surface area (Å²) in [6, 6.07) is 2.93. The summed E-state index contributed by atoms with van der Waals surface area (Å²) >= 11 is 11.6. The largest absolute Gasteiger partial charge is 0.348 e. The smallest absolute Gasteiger partial charge is 0.268 e. The third kappa shape index (κ3) is 2.37. The molecule has 0 spiro atoms. The Balaban J connectivity index is 1.64. The van der Waals surface area contributed by atoms with Crippen molar-refractivity contribution in [1.29, 1.82) is 0 Å². The Morgan fingerprint density at radius 3 is 2.50 bits per heavy atom. The van der Waals surface area contributed by atoms with E-state index in [1.165, 1.54) is 12.8 Å². The molecule has 3 N–H and O–H groups in total. The van der Waals surface area contributed by atoms with Crippen molar-refractivity contribution in [3.63, 3.8) is 0 Å². The van der Waals surface area contributed by atoms with Gasteiger partial charge >= 0.3 is 0 Å². The fourth-order valence-corrected chi connectivity index (χ4v) is 3.28. The molecule has 2 bridgehead atoms. The molecule has 2 aliphatic heterocycles. The molecule has 0 aromatic carbocycles. The van der Waals surface area contributed by atoms with E-state index in [0.717, 1.165) is 12.8 Å². The second-order valence-electron chi connectivity index (χ2n) is 5.12. The number of aromatic amines is 1. The Hall–Kier alpha value is -0.710. The van der Waals surface area contributed by atoms with E-state index in [1.54, 1.807) is 6.07 Å². The Morgan fingerprint density at radius 2 is 1.94 bits per heavy atom. The number of hydrogen-bond acceptors (Lipinski definition) is 2. The van der Waals surface area contributed by atoms with Gasteiger partial charge in [0.1, 0.15) is 10.8 Å². The highest BCUT2D eigenvalue weighted by molar-refractivity contribution is 6.41. The van der Waals surface area contributed by atoms with E-state index in [2.05, 4.69) is 15.6 Å². The SMILES string of the molecule is O=C(NC1CC2CCC(C1)N2)c1cc(Cl)c(Cl)[nH]1. The molecule has 2 unspecified atom stereocenters. The quantitative estimate of drug-likeness (QED) is 0.782. The third-order valence-electron chi connectivity index (χ3n) is 3.78. The minimum absolute atomic E-state index is 0.130. The van der Waals surface area contributed by atoms with Crippen molar-refractivity contribution in [2.45, 2.75) is 43.8 Å². The van der Waals surface area contributed by atoms with Crippen LogP contribution >= 0.6 is 23.2 Å². The average molecular weight is 288 g/mol. The maximum Gasteiger partial charge on any atom is 0.268 e. The number of aromatic nitrogens is 1. The van der Waals surface area contributed by atoms with E-state index in [4.69, 9.17) is 23.2 Å². The molecule has 6 heteroatoms. The van der Waals surface area contributed by atoms with Crippen molar-refractivity contribution in [1.82, 2.24) is 15.6 Å². The zero-order valence-corrected chi connectivity index (χ0v) is 11.3. The van der Waals surface area contributed by atoms with Crippen molar-refractivity contribution in [2.75, 3.05) is 0 Å². The average Bonchev–Trinajstić information content (AvgIpc) is 2.83. The Labute approximate surface area is 115 Å². The zero-order chi connectivity index (χ0) is 12.7. The molecule has 98 valence electrons. The molecule has 1 aromatic rings. The molecule has 1 amide bonds. The van der Waals surface area contributed by atoms with Crippen molar-refractivity contribution in [3.05, 3.63) is 21.9 Å². The number of amides is 1. The van der Waals surface area contributed by atoms with Crippen molar-refractivity contribution in [3.8, 4) is 0 Å². The summed E-state index contributed by atoms with van der Waals surface area (Å²) in [6.45, 7) is 0. The molecule has 2 aliphatic rings. The molecule has 3 heterocycles. The second kappa shape index (κ2) is 4.76. The van der Waals surface area contributed by atoms with Crippen molar-refractivity contribution < 1.29 is 4.79 Å². The van der Waals surface area contributed by atoms with Gasteiger partial charge in [0.2, 0.25) is 0 Å². The summed E-state index contributed by atoms with van der Waals surface area (Å²) in [5.41, 5.74) is 0.427. The molecule has 0 radical (unpaired) electrons. The van der Waals surface area contributed by atoms with Crippen LogP contribution in [0.5, 0.6) is 0 Å². The first-order valence-corrected chi connectivity index (χ1v) is 6.98. The van der Waals surface area contributed by atoms with E-state index >= 15 is 0 Å². The first-order chi connectivity index (χ1) is 8.61. The zero-order valence-electron chi connectivity index (χ0n) is 9.80. The van der Waals surface area contributed by atoms with Gasteiger partial charge in [0, 0.05) is 18.1 Å². The number of nitrogens with one attached hydrogen (secondary N) is 3. The number of H-pyrrole nitrogens is 1. The summed E-state index contributed by atoms with van der Waals surface area (Å²) in [7, 11) is 0. The summed E-state index contributed by atoms with van der Waals surface area (Å²) in [6.07, 6.45) is 4.45. The highest BCUT2D eigenvalue weighted by Gasteiger charge is 2.34. The van der Waals surface area contributed by atoms with Crippen LogP contribution in [0.4, 0.5) is 0 Å². The predicted octanol–water partition coefficient (Wildman–Crippen LogP) is 2.33. The van der Waals surface area contributed by atoms with Gasteiger partial charge in [-0.25, -0.2) is 0 Å². The minimum atomic E-state index is -0.130. The van der Waals surface area contributed by atoms with Gasteiger partial charge in [0.15, 0.2) is 0 Å². The maximum atomic E-state index is 12.0. The van der Waals surface area contributed by atoms with Crippen LogP contribution < -0.4 is 10.6 Å². The third-order valence-corrected chi connectivity index (χ3v) is 4.47. The van der Waals surface area contributed by atoms with Crippen LogP contribution in [0, 0.1) is 0 Å². The first kappa shape index (κ1) is 12.3. The van der Waals surface area contributed by atoms with Crippen LogP contribution in [0.3, 0.4) is 0 Å². The molecular weight excluding hydrogens is 273 g/mol. The number of rotatable bonds is 2. The van der Waals surface area contributed by atoms with Crippen LogP contribution in [-0.4, -0.2) is 29.0 Å². The number of fused-ring (bicyclic) bond motifs is 2. The molecular formula is C12H15Cl2N3O. The monoisotopic (exact) mass is 287 g/mol. The topological polar surface area (TPSA) is 56.9 Å². The molecule has 4 nitrogen and oxygen atoms in total. The lowest BCUT2D eigenvalue weighted by molar-refractivity contribution is 0.0919. The minimum Gasteiger partial charge on any atom is -0.348 e. The number of carbonyl (C=O) groups is 1. The Bertz CT molecular complexity index is 442.